The van der Waals surface area contributed by atoms with Crippen molar-refractivity contribution < 1.29 is 4.74 Å². The van der Waals surface area contributed by atoms with Crippen molar-refractivity contribution >= 4 is 5.96 Å². The molecule has 2 N–H and O–H groups in total. The van der Waals surface area contributed by atoms with E-state index in [1.807, 2.05) is 19.3 Å². The molecule has 5 heteroatoms. The third kappa shape index (κ3) is 1.98. The number of aromatic amines is 1. The predicted molar refractivity (Wildman–Crippen MR) is 86.7 cm³/mol. The molecule has 2 heterocycles. The Bertz CT molecular complexity index is 549. The summed E-state index contributed by atoms with van der Waals surface area (Å²) in [5.74, 6) is 1.67. The third-order valence-corrected chi connectivity index (χ3v) is 5.96. The van der Waals surface area contributed by atoms with Gasteiger partial charge < -0.3 is 19.9 Å². The van der Waals surface area contributed by atoms with Crippen LogP contribution in [0.3, 0.4) is 0 Å². The maximum absolute atomic E-state index is 6.00. The summed E-state index contributed by atoms with van der Waals surface area (Å²) in [6.07, 6.45) is 7.63. The van der Waals surface area contributed by atoms with E-state index in [4.69, 9.17) is 4.74 Å². The van der Waals surface area contributed by atoms with Crippen molar-refractivity contribution in [1.29, 1.82) is 0 Å². The van der Waals surface area contributed by atoms with Gasteiger partial charge in [-0.3, -0.25) is 4.99 Å². The quantitative estimate of drug-likeness (QED) is 0.663. The molecule has 2 saturated carbocycles. The molecule has 3 fully saturated rings. The Kier molecular flexibility index (Phi) is 3.40. The minimum absolute atomic E-state index is 0.393. The summed E-state index contributed by atoms with van der Waals surface area (Å²) in [5.41, 5.74) is 1.60. The molecule has 4 rings (SSSR count). The van der Waals surface area contributed by atoms with E-state index in [0.29, 0.717) is 23.5 Å². The Morgan fingerprint density at radius 1 is 1.55 bits per heavy atom. The van der Waals surface area contributed by atoms with Crippen molar-refractivity contribution in [3.63, 3.8) is 0 Å². The molecule has 0 amide bonds. The van der Waals surface area contributed by atoms with Gasteiger partial charge in [0.1, 0.15) is 0 Å². The third-order valence-electron chi connectivity index (χ3n) is 5.96. The minimum atomic E-state index is 0.393. The zero-order valence-electron chi connectivity index (χ0n) is 13.5. The molecule has 1 aliphatic heterocycles. The van der Waals surface area contributed by atoms with Crippen LogP contribution >= 0.6 is 0 Å². The van der Waals surface area contributed by atoms with Crippen LogP contribution in [-0.2, 0) is 11.3 Å². The molecule has 0 radical (unpaired) electrons. The first kappa shape index (κ1) is 14.1. The summed E-state index contributed by atoms with van der Waals surface area (Å²) >= 11 is 0. The monoisotopic (exact) mass is 302 g/mol. The second kappa shape index (κ2) is 5.30. The van der Waals surface area contributed by atoms with Crippen LogP contribution in [0, 0.1) is 11.3 Å². The fraction of sp³-hybridized carbons (Fsp3) is 0.706. The molecule has 3 atom stereocenters. The average molecular weight is 302 g/mol. The SMILES string of the molecule is CN=C(NC1C2CCOC2C12CCC2)N(C)Cc1ccc[nH]1. The molecular formula is C17H26N4O. The number of aromatic nitrogens is 1. The molecule has 1 spiro atoms. The van der Waals surface area contributed by atoms with E-state index in [1.165, 1.54) is 31.4 Å². The zero-order valence-corrected chi connectivity index (χ0v) is 13.5. The smallest absolute Gasteiger partial charge is 0.193 e. The fourth-order valence-electron chi connectivity index (χ4n) is 4.74. The van der Waals surface area contributed by atoms with Gasteiger partial charge in [0.2, 0.25) is 0 Å². The van der Waals surface area contributed by atoms with Crippen molar-refractivity contribution in [3.05, 3.63) is 24.0 Å². The highest BCUT2D eigenvalue weighted by Gasteiger charge is 2.66. The van der Waals surface area contributed by atoms with Gasteiger partial charge in [-0.1, -0.05) is 6.42 Å². The Balaban J connectivity index is 1.44. The first-order valence-corrected chi connectivity index (χ1v) is 8.43. The second-order valence-corrected chi connectivity index (χ2v) is 7.05. The van der Waals surface area contributed by atoms with Gasteiger partial charge in [-0.15, -0.1) is 0 Å². The van der Waals surface area contributed by atoms with Crippen LogP contribution in [0.15, 0.2) is 23.3 Å². The number of guanidine groups is 1. The summed E-state index contributed by atoms with van der Waals surface area (Å²) in [4.78, 5) is 9.96. The van der Waals surface area contributed by atoms with Crippen LogP contribution < -0.4 is 5.32 Å². The number of rotatable bonds is 3. The van der Waals surface area contributed by atoms with Crippen LogP contribution in [0.4, 0.5) is 0 Å². The molecule has 5 nitrogen and oxygen atoms in total. The van der Waals surface area contributed by atoms with Crippen molar-refractivity contribution in [2.75, 3.05) is 20.7 Å². The van der Waals surface area contributed by atoms with Crippen molar-refractivity contribution in [1.82, 2.24) is 15.2 Å². The highest BCUT2D eigenvalue weighted by atomic mass is 16.5. The number of hydrogen-bond donors (Lipinski definition) is 2. The number of nitrogens with zero attached hydrogens (tertiary/aromatic N) is 2. The van der Waals surface area contributed by atoms with Gasteiger partial charge in [0.25, 0.3) is 0 Å². The summed E-state index contributed by atoms with van der Waals surface area (Å²) in [6, 6.07) is 4.69. The van der Waals surface area contributed by atoms with Crippen LogP contribution in [0.5, 0.6) is 0 Å². The Hall–Kier alpha value is -1.49. The van der Waals surface area contributed by atoms with Crippen molar-refractivity contribution in [3.8, 4) is 0 Å². The molecule has 1 aromatic rings. The van der Waals surface area contributed by atoms with Gasteiger partial charge >= 0.3 is 0 Å². The van der Waals surface area contributed by atoms with Gasteiger partial charge in [-0.2, -0.15) is 0 Å². The molecule has 0 aromatic carbocycles. The van der Waals surface area contributed by atoms with Gasteiger partial charge in [0.15, 0.2) is 5.96 Å². The molecule has 22 heavy (non-hydrogen) atoms. The number of aliphatic imine (C=N–C) groups is 1. The molecule has 120 valence electrons. The number of hydrogen-bond acceptors (Lipinski definition) is 2. The molecule has 1 saturated heterocycles. The number of fused-ring (bicyclic) bond motifs is 2. The largest absolute Gasteiger partial charge is 0.377 e. The second-order valence-electron chi connectivity index (χ2n) is 7.05. The Morgan fingerprint density at radius 2 is 2.41 bits per heavy atom. The first-order valence-electron chi connectivity index (χ1n) is 8.43. The molecule has 1 aromatic heterocycles. The standard InChI is InChI=1S/C17H26N4O/c1-18-16(21(2)11-12-5-3-9-19-12)20-14-13-6-10-22-15(13)17(14)7-4-8-17/h3,5,9,13-15,19H,4,6-8,10-11H2,1-2H3,(H,18,20). The maximum atomic E-state index is 6.00. The highest BCUT2D eigenvalue weighted by molar-refractivity contribution is 5.80. The lowest BCUT2D eigenvalue weighted by atomic mass is 9.46. The van der Waals surface area contributed by atoms with Crippen LogP contribution in [-0.4, -0.2) is 48.7 Å². The summed E-state index contributed by atoms with van der Waals surface area (Å²) in [6.45, 7) is 1.78. The molecule has 2 aliphatic carbocycles. The normalized spacial score (nSPS) is 32.3. The van der Waals surface area contributed by atoms with E-state index in [2.05, 4.69) is 33.3 Å². The summed E-state index contributed by atoms with van der Waals surface area (Å²) in [5, 5.41) is 3.76. The Morgan fingerprint density at radius 3 is 3.05 bits per heavy atom. The molecular weight excluding hydrogens is 276 g/mol. The van der Waals surface area contributed by atoms with E-state index >= 15 is 0 Å². The van der Waals surface area contributed by atoms with E-state index in [-0.39, 0.29) is 0 Å². The molecule has 3 aliphatic rings. The highest BCUT2D eigenvalue weighted by Crippen LogP contribution is 2.62. The summed E-state index contributed by atoms with van der Waals surface area (Å²) < 4.78 is 6.00. The number of ether oxygens (including phenoxy) is 1. The minimum Gasteiger partial charge on any atom is -0.377 e. The molecule has 0 bridgehead atoms. The lowest BCUT2D eigenvalue weighted by molar-refractivity contribution is -0.171. The van der Waals surface area contributed by atoms with E-state index < -0.39 is 0 Å². The zero-order chi connectivity index (χ0) is 15.2. The van der Waals surface area contributed by atoms with Crippen molar-refractivity contribution in [2.24, 2.45) is 16.3 Å². The first-order chi connectivity index (χ1) is 10.7. The van der Waals surface area contributed by atoms with Gasteiger partial charge in [0.05, 0.1) is 12.6 Å². The van der Waals surface area contributed by atoms with E-state index in [9.17, 15) is 0 Å². The van der Waals surface area contributed by atoms with Crippen LogP contribution in [0.25, 0.3) is 0 Å². The number of H-pyrrole nitrogens is 1. The van der Waals surface area contributed by atoms with Gasteiger partial charge in [-0.25, -0.2) is 0 Å². The summed E-state index contributed by atoms with van der Waals surface area (Å²) in [7, 11) is 3.98. The van der Waals surface area contributed by atoms with Crippen LogP contribution in [0.1, 0.15) is 31.4 Å². The number of nitrogens with one attached hydrogen (secondary N) is 2. The van der Waals surface area contributed by atoms with Gasteiger partial charge in [0, 0.05) is 50.0 Å². The average Bonchev–Trinajstić information content (AvgIpc) is 3.09. The predicted octanol–water partition coefficient (Wildman–Crippen LogP) is 1.98. The lowest BCUT2D eigenvalue weighted by Gasteiger charge is -2.63. The lowest BCUT2D eigenvalue weighted by Crippen LogP contribution is -2.72. The topological polar surface area (TPSA) is 52.7 Å². The Labute approximate surface area is 132 Å². The maximum Gasteiger partial charge on any atom is 0.193 e. The van der Waals surface area contributed by atoms with Crippen molar-refractivity contribution in [2.45, 2.75) is 44.4 Å². The van der Waals surface area contributed by atoms with E-state index in [1.54, 1.807) is 0 Å². The molecule has 3 unspecified atom stereocenters. The van der Waals surface area contributed by atoms with Crippen LogP contribution in [0.2, 0.25) is 0 Å². The fourth-order valence-corrected chi connectivity index (χ4v) is 4.74. The van der Waals surface area contributed by atoms with Gasteiger partial charge in [-0.05, 0) is 31.4 Å². The van der Waals surface area contributed by atoms with E-state index in [0.717, 1.165) is 19.1 Å².